The van der Waals surface area contributed by atoms with Crippen LogP contribution in [0, 0.1) is 0 Å². The first-order chi connectivity index (χ1) is 9.28. The molecular formula is C13H13F3O3S. The Morgan fingerprint density at radius 1 is 1.45 bits per heavy atom. The van der Waals surface area contributed by atoms with Crippen molar-refractivity contribution in [3.8, 4) is 11.5 Å². The van der Waals surface area contributed by atoms with E-state index in [1.54, 1.807) is 6.08 Å². The van der Waals surface area contributed by atoms with Gasteiger partial charge < -0.3 is 9.84 Å². The molecule has 0 radical (unpaired) electrons. The van der Waals surface area contributed by atoms with Gasteiger partial charge in [-0.1, -0.05) is 23.9 Å². The van der Waals surface area contributed by atoms with Crippen molar-refractivity contribution in [2.75, 3.05) is 5.75 Å². The summed E-state index contributed by atoms with van der Waals surface area (Å²) in [6, 6.07) is 3.34. The molecule has 0 aliphatic rings. The molecule has 1 aromatic carbocycles. The highest BCUT2D eigenvalue weighted by Gasteiger charge is 2.31. The third-order valence-corrected chi connectivity index (χ3v) is 2.95. The van der Waals surface area contributed by atoms with Crippen LogP contribution in [0.15, 0.2) is 24.3 Å². The third-order valence-electron chi connectivity index (χ3n) is 2.11. The van der Waals surface area contributed by atoms with Crippen molar-refractivity contribution in [1.82, 2.24) is 0 Å². The second kappa shape index (κ2) is 7.23. The van der Waals surface area contributed by atoms with Crippen LogP contribution in [0.4, 0.5) is 13.2 Å². The standard InChI is InChI=1S/C13H13F3O3S/c1-9(17)20-7-3-2-4-10-8-11(18)5-6-12(10)19-13(14,15)16/h2,4-6,8,18H,3,7H2,1H3. The molecule has 110 valence electrons. The predicted molar refractivity (Wildman–Crippen MR) is 71.6 cm³/mol. The van der Waals surface area contributed by atoms with Gasteiger partial charge in [-0.15, -0.1) is 13.2 Å². The van der Waals surface area contributed by atoms with Crippen LogP contribution in [0.25, 0.3) is 6.08 Å². The zero-order valence-electron chi connectivity index (χ0n) is 10.6. The molecule has 1 aromatic rings. The first-order valence-electron chi connectivity index (χ1n) is 5.66. The van der Waals surface area contributed by atoms with Gasteiger partial charge in [0.05, 0.1) is 0 Å². The number of hydrogen-bond acceptors (Lipinski definition) is 4. The zero-order chi connectivity index (χ0) is 15.2. The second-order valence-corrected chi connectivity index (χ2v) is 5.07. The van der Waals surface area contributed by atoms with Crippen molar-refractivity contribution < 1.29 is 27.8 Å². The first kappa shape index (κ1) is 16.4. The van der Waals surface area contributed by atoms with Crippen LogP contribution in [0.1, 0.15) is 18.9 Å². The Bertz CT molecular complexity index is 498. The normalized spacial score (nSPS) is 11.8. The highest BCUT2D eigenvalue weighted by molar-refractivity contribution is 8.13. The van der Waals surface area contributed by atoms with E-state index in [-0.39, 0.29) is 22.2 Å². The van der Waals surface area contributed by atoms with Crippen LogP contribution < -0.4 is 4.74 Å². The largest absolute Gasteiger partial charge is 0.573 e. The molecule has 0 amide bonds. The molecule has 1 N–H and O–H groups in total. The average molecular weight is 306 g/mol. The van der Waals surface area contributed by atoms with E-state index in [4.69, 9.17) is 0 Å². The fraction of sp³-hybridized carbons (Fsp3) is 0.308. The Morgan fingerprint density at radius 2 is 2.15 bits per heavy atom. The maximum Gasteiger partial charge on any atom is 0.573 e. The average Bonchev–Trinajstić information content (AvgIpc) is 2.30. The lowest BCUT2D eigenvalue weighted by Crippen LogP contribution is -2.17. The summed E-state index contributed by atoms with van der Waals surface area (Å²) < 4.78 is 40.5. The number of alkyl halides is 3. The number of rotatable bonds is 5. The smallest absolute Gasteiger partial charge is 0.508 e. The summed E-state index contributed by atoms with van der Waals surface area (Å²) in [6.45, 7) is 1.44. The SMILES string of the molecule is CC(=O)SCCC=Cc1cc(O)ccc1OC(F)(F)F. The van der Waals surface area contributed by atoms with Gasteiger partial charge in [0, 0.05) is 18.2 Å². The molecule has 20 heavy (non-hydrogen) atoms. The molecule has 0 fully saturated rings. The third kappa shape index (κ3) is 6.51. The minimum atomic E-state index is -4.79. The van der Waals surface area contributed by atoms with E-state index in [0.717, 1.165) is 23.9 Å². The molecule has 0 saturated carbocycles. The Kier molecular flexibility index (Phi) is 5.94. The van der Waals surface area contributed by atoms with E-state index in [2.05, 4.69) is 4.74 Å². The summed E-state index contributed by atoms with van der Waals surface area (Å²) in [5.74, 6) is 0.00294. The molecule has 0 aliphatic heterocycles. The topological polar surface area (TPSA) is 46.5 Å². The first-order valence-corrected chi connectivity index (χ1v) is 6.65. The van der Waals surface area contributed by atoms with E-state index < -0.39 is 6.36 Å². The molecule has 7 heteroatoms. The lowest BCUT2D eigenvalue weighted by atomic mass is 10.1. The number of thioether (sulfide) groups is 1. The zero-order valence-corrected chi connectivity index (χ0v) is 11.4. The van der Waals surface area contributed by atoms with E-state index in [0.29, 0.717) is 12.2 Å². The van der Waals surface area contributed by atoms with Crippen LogP contribution >= 0.6 is 11.8 Å². The van der Waals surface area contributed by atoms with Crippen molar-refractivity contribution >= 4 is 23.0 Å². The summed E-state index contributed by atoms with van der Waals surface area (Å²) in [5, 5.41) is 9.28. The lowest BCUT2D eigenvalue weighted by Gasteiger charge is -2.11. The number of carbonyl (C=O) groups is 1. The molecule has 0 saturated heterocycles. The van der Waals surface area contributed by atoms with Crippen molar-refractivity contribution in [3.63, 3.8) is 0 Å². The fourth-order valence-electron chi connectivity index (χ4n) is 1.36. The lowest BCUT2D eigenvalue weighted by molar-refractivity contribution is -0.274. The summed E-state index contributed by atoms with van der Waals surface area (Å²) in [6.07, 6.45) is -1.23. The molecule has 0 aliphatic carbocycles. The van der Waals surface area contributed by atoms with Gasteiger partial charge >= 0.3 is 6.36 Å². The Morgan fingerprint density at radius 3 is 2.75 bits per heavy atom. The minimum absolute atomic E-state index is 0.0168. The monoisotopic (exact) mass is 306 g/mol. The Labute approximate surface area is 118 Å². The number of phenols is 1. The van der Waals surface area contributed by atoms with Crippen LogP contribution in [0.2, 0.25) is 0 Å². The van der Waals surface area contributed by atoms with Gasteiger partial charge in [-0.2, -0.15) is 0 Å². The summed E-state index contributed by atoms with van der Waals surface area (Å²) in [5.41, 5.74) is 0.121. The van der Waals surface area contributed by atoms with Gasteiger partial charge in [-0.3, -0.25) is 4.79 Å². The van der Waals surface area contributed by atoms with Crippen molar-refractivity contribution in [1.29, 1.82) is 0 Å². The fourth-order valence-corrected chi connectivity index (χ4v) is 1.91. The van der Waals surface area contributed by atoms with Gasteiger partial charge in [-0.25, -0.2) is 0 Å². The quantitative estimate of drug-likeness (QED) is 0.836. The molecule has 0 spiro atoms. The molecule has 1 rings (SSSR count). The molecule has 0 unspecified atom stereocenters. The van der Waals surface area contributed by atoms with Crippen LogP contribution in [0.3, 0.4) is 0 Å². The molecular weight excluding hydrogens is 293 g/mol. The molecule has 0 bridgehead atoms. The number of aromatic hydroxyl groups is 1. The van der Waals surface area contributed by atoms with Crippen LogP contribution in [0.5, 0.6) is 11.5 Å². The van der Waals surface area contributed by atoms with Gasteiger partial charge in [0.1, 0.15) is 11.5 Å². The minimum Gasteiger partial charge on any atom is -0.508 e. The van der Waals surface area contributed by atoms with Crippen molar-refractivity contribution in [2.24, 2.45) is 0 Å². The van der Waals surface area contributed by atoms with E-state index in [1.807, 2.05) is 0 Å². The highest BCUT2D eigenvalue weighted by Crippen LogP contribution is 2.30. The van der Waals surface area contributed by atoms with E-state index in [1.165, 1.54) is 19.1 Å². The second-order valence-electron chi connectivity index (χ2n) is 3.80. The molecule has 0 aromatic heterocycles. The summed E-state index contributed by atoms with van der Waals surface area (Å²) >= 11 is 1.13. The number of allylic oxidation sites excluding steroid dienone is 1. The predicted octanol–water partition coefficient (Wildman–Crippen LogP) is 3.97. The van der Waals surface area contributed by atoms with E-state index in [9.17, 15) is 23.1 Å². The molecule has 0 atom stereocenters. The number of carbonyl (C=O) groups excluding carboxylic acids is 1. The van der Waals surface area contributed by atoms with Crippen molar-refractivity contribution in [3.05, 3.63) is 29.8 Å². The van der Waals surface area contributed by atoms with Gasteiger partial charge in [-0.05, 0) is 24.6 Å². The number of ether oxygens (including phenoxy) is 1. The van der Waals surface area contributed by atoms with Crippen molar-refractivity contribution in [2.45, 2.75) is 19.7 Å². The van der Waals surface area contributed by atoms with Gasteiger partial charge in [0.2, 0.25) is 0 Å². The number of phenolic OH excluding ortho intramolecular Hbond substituents is 1. The molecule has 0 heterocycles. The van der Waals surface area contributed by atoms with Crippen LogP contribution in [-0.2, 0) is 4.79 Å². The Balaban J connectivity index is 2.74. The number of hydrogen-bond donors (Lipinski definition) is 1. The summed E-state index contributed by atoms with van der Waals surface area (Å²) in [4.78, 5) is 10.7. The van der Waals surface area contributed by atoms with E-state index >= 15 is 0 Å². The van der Waals surface area contributed by atoms with Gasteiger partial charge in [0.25, 0.3) is 0 Å². The van der Waals surface area contributed by atoms with Gasteiger partial charge in [0.15, 0.2) is 5.12 Å². The van der Waals surface area contributed by atoms with Crippen LogP contribution in [-0.4, -0.2) is 22.3 Å². The highest BCUT2D eigenvalue weighted by atomic mass is 32.2. The summed E-state index contributed by atoms with van der Waals surface area (Å²) in [7, 11) is 0. The molecule has 3 nitrogen and oxygen atoms in total. The number of halogens is 3. The maximum atomic E-state index is 12.2. The number of benzene rings is 1. The Hall–Kier alpha value is -1.63. The maximum absolute atomic E-state index is 12.2.